The van der Waals surface area contributed by atoms with E-state index in [1.54, 1.807) is 19.1 Å². The molecule has 1 rings (SSSR count). The molecule has 0 aromatic heterocycles. The quantitative estimate of drug-likeness (QED) is 0.593. The highest BCUT2D eigenvalue weighted by Crippen LogP contribution is 2.12. The smallest absolute Gasteiger partial charge is 0.127 e. The minimum Gasteiger partial charge on any atom is -0.303 e. The van der Waals surface area contributed by atoms with E-state index in [0.717, 1.165) is 11.8 Å². The lowest BCUT2D eigenvalue weighted by molar-refractivity contribution is -0.108. The zero-order valence-corrected chi connectivity index (χ0v) is 6.25. The summed E-state index contributed by atoms with van der Waals surface area (Å²) in [4.78, 5) is 10.3. The standard InChI is InChI=1S/C9H9FO/c1-7(6-11)8-3-2-4-9(10)5-8/h2-7H,1H3/t7-/m0/s1. The Morgan fingerprint density at radius 3 is 2.82 bits per heavy atom. The van der Waals surface area contributed by atoms with E-state index in [0.29, 0.717) is 0 Å². The van der Waals surface area contributed by atoms with Crippen molar-refractivity contribution in [3.05, 3.63) is 35.6 Å². The molecule has 11 heavy (non-hydrogen) atoms. The molecule has 0 aliphatic heterocycles. The average molecular weight is 152 g/mol. The zero-order chi connectivity index (χ0) is 8.27. The molecule has 0 unspecified atom stereocenters. The molecule has 0 heterocycles. The number of benzene rings is 1. The molecule has 0 aliphatic carbocycles. The first-order valence-corrected chi connectivity index (χ1v) is 3.45. The minimum atomic E-state index is -0.295. The summed E-state index contributed by atoms with van der Waals surface area (Å²) in [6.07, 6.45) is 0.800. The highest BCUT2D eigenvalue weighted by molar-refractivity contribution is 5.61. The van der Waals surface area contributed by atoms with Crippen LogP contribution in [-0.2, 0) is 4.79 Å². The largest absolute Gasteiger partial charge is 0.303 e. The lowest BCUT2D eigenvalue weighted by Gasteiger charge is -2.01. The van der Waals surface area contributed by atoms with E-state index < -0.39 is 0 Å². The van der Waals surface area contributed by atoms with Crippen LogP contribution in [-0.4, -0.2) is 6.29 Å². The van der Waals surface area contributed by atoms with Gasteiger partial charge in [-0.3, -0.25) is 0 Å². The molecule has 0 fully saturated rings. The van der Waals surface area contributed by atoms with Crippen molar-refractivity contribution in [1.82, 2.24) is 0 Å². The van der Waals surface area contributed by atoms with Gasteiger partial charge in [0.2, 0.25) is 0 Å². The number of carbonyl (C=O) groups is 1. The third-order valence-electron chi connectivity index (χ3n) is 1.58. The summed E-state index contributed by atoms with van der Waals surface area (Å²) in [5.41, 5.74) is 0.722. The van der Waals surface area contributed by atoms with Gasteiger partial charge in [-0.1, -0.05) is 19.1 Å². The van der Waals surface area contributed by atoms with Crippen LogP contribution in [0.3, 0.4) is 0 Å². The Balaban J connectivity index is 2.95. The average Bonchev–Trinajstić information content (AvgIpc) is 2.03. The maximum atomic E-state index is 12.5. The van der Waals surface area contributed by atoms with Gasteiger partial charge in [-0.2, -0.15) is 0 Å². The monoisotopic (exact) mass is 152 g/mol. The van der Waals surface area contributed by atoms with Crippen molar-refractivity contribution in [3.8, 4) is 0 Å². The number of rotatable bonds is 2. The van der Waals surface area contributed by atoms with E-state index in [1.165, 1.54) is 12.1 Å². The van der Waals surface area contributed by atoms with Gasteiger partial charge in [0.1, 0.15) is 12.1 Å². The maximum absolute atomic E-state index is 12.5. The highest BCUT2D eigenvalue weighted by atomic mass is 19.1. The Hall–Kier alpha value is -1.18. The molecule has 1 nitrogen and oxygen atoms in total. The Bertz CT molecular complexity index is 257. The summed E-state index contributed by atoms with van der Waals surface area (Å²) >= 11 is 0. The predicted molar refractivity (Wildman–Crippen MR) is 40.9 cm³/mol. The maximum Gasteiger partial charge on any atom is 0.127 e. The summed E-state index contributed by atoms with van der Waals surface area (Å²) < 4.78 is 12.5. The molecule has 0 N–H and O–H groups in total. The molecule has 58 valence electrons. The van der Waals surface area contributed by atoms with E-state index in [1.807, 2.05) is 0 Å². The number of carbonyl (C=O) groups excluding carboxylic acids is 1. The van der Waals surface area contributed by atoms with Crippen LogP contribution < -0.4 is 0 Å². The topological polar surface area (TPSA) is 17.1 Å². The molecule has 0 saturated carbocycles. The second-order valence-electron chi connectivity index (χ2n) is 2.48. The molecule has 1 aromatic carbocycles. The van der Waals surface area contributed by atoms with Crippen molar-refractivity contribution >= 4 is 6.29 Å². The van der Waals surface area contributed by atoms with Gasteiger partial charge >= 0.3 is 0 Å². The SMILES string of the molecule is C[C@@H](C=O)c1cccc(F)c1. The number of hydrogen-bond donors (Lipinski definition) is 0. The molecule has 1 atom stereocenters. The van der Waals surface area contributed by atoms with Crippen LogP contribution >= 0.6 is 0 Å². The van der Waals surface area contributed by atoms with Crippen molar-refractivity contribution in [2.24, 2.45) is 0 Å². The fraction of sp³-hybridized carbons (Fsp3) is 0.222. The normalized spacial score (nSPS) is 12.5. The number of hydrogen-bond acceptors (Lipinski definition) is 1. The van der Waals surface area contributed by atoms with Crippen molar-refractivity contribution < 1.29 is 9.18 Å². The van der Waals surface area contributed by atoms with E-state index in [2.05, 4.69) is 0 Å². The summed E-state index contributed by atoms with van der Waals surface area (Å²) in [7, 11) is 0. The van der Waals surface area contributed by atoms with Gasteiger partial charge in [-0.05, 0) is 17.7 Å². The minimum absolute atomic E-state index is 0.217. The third-order valence-corrected chi connectivity index (χ3v) is 1.58. The van der Waals surface area contributed by atoms with Gasteiger partial charge in [0, 0.05) is 5.92 Å². The van der Waals surface area contributed by atoms with Crippen molar-refractivity contribution in [2.75, 3.05) is 0 Å². The van der Waals surface area contributed by atoms with Crippen LogP contribution in [0.4, 0.5) is 4.39 Å². The second-order valence-corrected chi connectivity index (χ2v) is 2.48. The molecule has 2 heteroatoms. The van der Waals surface area contributed by atoms with Crippen molar-refractivity contribution in [3.63, 3.8) is 0 Å². The highest BCUT2D eigenvalue weighted by Gasteiger charge is 2.02. The van der Waals surface area contributed by atoms with Crippen LogP contribution in [0.2, 0.25) is 0 Å². The molecule has 1 aromatic rings. The fourth-order valence-corrected chi connectivity index (χ4v) is 0.868. The van der Waals surface area contributed by atoms with Gasteiger partial charge in [0.25, 0.3) is 0 Å². The van der Waals surface area contributed by atoms with Gasteiger partial charge in [0.15, 0.2) is 0 Å². The first-order chi connectivity index (χ1) is 5.24. The van der Waals surface area contributed by atoms with Gasteiger partial charge in [-0.25, -0.2) is 4.39 Å². The summed E-state index contributed by atoms with van der Waals surface area (Å²) in [5.74, 6) is -0.512. The molecule has 0 spiro atoms. The van der Waals surface area contributed by atoms with Crippen LogP contribution in [0, 0.1) is 5.82 Å². The summed E-state index contributed by atoms with van der Waals surface area (Å²) in [6.45, 7) is 1.74. The zero-order valence-electron chi connectivity index (χ0n) is 6.25. The second kappa shape index (κ2) is 3.28. The molecular formula is C9H9FO. The molecule has 0 saturated heterocycles. The van der Waals surface area contributed by atoms with Crippen LogP contribution in [0.1, 0.15) is 18.4 Å². The Morgan fingerprint density at radius 2 is 2.27 bits per heavy atom. The summed E-state index contributed by atoms with van der Waals surface area (Å²) in [5, 5.41) is 0. The van der Waals surface area contributed by atoms with Crippen LogP contribution in [0.15, 0.2) is 24.3 Å². The van der Waals surface area contributed by atoms with Gasteiger partial charge in [-0.15, -0.1) is 0 Å². The van der Waals surface area contributed by atoms with E-state index in [-0.39, 0.29) is 11.7 Å². The number of halogens is 1. The van der Waals surface area contributed by atoms with Crippen LogP contribution in [0.5, 0.6) is 0 Å². The fourth-order valence-electron chi connectivity index (χ4n) is 0.868. The molecule has 0 amide bonds. The lowest BCUT2D eigenvalue weighted by Crippen LogP contribution is -1.93. The van der Waals surface area contributed by atoms with E-state index >= 15 is 0 Å². The first kappa shape index (κ1) is 7.92. The van der Waals surface area contributed by atoms with Crippen molar-refractivity contribution in [1.29, 1.82) is 0 Å². The van der Waals surface area contributed by atoms with Gasteiger partial charge < -0.3 is 4.79 Å². The molecular weight excluding hydrogens is 143 g/mol. The Kier molecular flexibility index (Phi) is 2.36. The van der Waals surface area contributed by atoms with Crippen LogP contribution in [0.25, 0.3) is 0 Å². The Labute approximate surface area is 64.9 Å². The summed E-state index contributed by atoms with van der Waals surface area (Å²) in [6, 6.07) is 6.08. The van der Waals surface area contributed by atoms with E-state index in [4.69, 9.17) is 0 Å². The molecule has 0 bridgehead atoms. The predicted octanol–water partition coefficient (Wildman–Crippen LogP) is 2.13. The Morgan fingerprint density at radius 1 is 1.55 bits per heavy atom. The third kappa shape index (κ3) is 1.87. The van der Waals surface area contributed by atoms with E-state index in [9.17, 15) is 9.18 Å². The molecule has 0 aliphatic rings. The molecule has 0 radical (unpaired) electrons. The number of aldehydes is 1. The first-order valence-electron chi connectivity index (χ1n) is 3.45. The lowest BCUT2D eigenvalue weighted by atomic mass is 10.0. The van der Waals surface area contributed by atoms with Crippen molar-refractivity contribution in [2.45, 2.75) is 12.8 Å². The van der Waals surface area contributed by atoms with Gasteiger partial charge in [0.05, 0.1) is 0 Å².